The number of anilines is 1. The lowest BCUT2D eigenvalue weighted by Crippen LogP contribution is -2.15. The van der Waals surface area contributed by atoms with Crippen LogP contribution in [0.3, 0.4) is 0 Å². The molecule has 1 N–H and O–H groups in total. The van der Waals surface area contributed by atoms with E-state index in [0.29, 0.717) is 33.6 Å². The van der Waals surface area contributed by atoms with Crippen molar-refractivity contribution in [3.63, 3.8) is 0 Å². The van der Waals surface area contributed by atoms with Gasteiger partial charge in [0.05, 0.1) is 5.56 Å². The van der Waals surface area contributed by atoms with E-state index in [-0.39, 0.29) is 5.69 Å². The Bertz CT molecular complexity index is 1220. The first-order chi connectivity index (χ1) is 13.4. The van der Waals surface area contributed by atoms with Gasteiger partial charge in [-0.25, -0.2) is 18.2 Å². The standard InChI is InChI=1S/C20H10ClF3N2O2/c21-11-3-1-2-10(8-11)20-26-15-7-4-12(9-16(15)28-20)25-19(27)13-5-6-14(22)18(24)17(13)23/h1-9H,(H,25,27). The van der Waals surface area contributed by atoms with Gasteiger partial charge in [0.25, 0.3) is 5.91 Å². The first kappa shape index (κ1) is 18.1. The number of oxazole rings is 1. The summed E-state index contributed by atoms with van der Waals surface area (Å²) in [5.74, 6) is -5.21. The summed E-state index contributed by atoms with van der Waals surface area (Å²) < 4.78 is 45.8. The Kier molecular flexibility index (Phi) is 4.52. The second kappa shape index (κ2) is 7.01. The van der Waals surface area contributed by atoms with Gasteiger partial charge in [-0.3, -0.25) is 4.79 Å². The largest absolute Gasteiger partial charge is 0.436 e. The predicted octanol–water partition coefficient (Wildman–Crippen LogP) is 5.82. The van der Waals surface area contributed by atoms with Crippen LogP contribution in [0.25, 0.3) is 22.6 Å². The molecule has 0 unspecified atom stereocenters. The monoisotopic (exact) mass is 402 g/mol. The summed E-state index contributed by atoms with van der Waals surface area (Å²) in [4.78, 5) is 16.5. The predicted molar refractivity (Wildman–Crippen MR) is 98.7 cm³/mol. The first-order valence-electron chi connectivity index (χ1n) is 8.04. The normalized spacial score (nSPS) is 11.0. The number of amides is 1. The van der Waals surface area contributed by atoms with Crippen molar-refractivity contribution in [2.24, 2.45) is 0 Å². The summed E-state index contributed by atoms with van der Waals surface area (Å²) in [5.41, 5.74) is 1.25. The topological polar surface area (TPSA) is 55.1 Å². The van der Waals surface area contributed by atoms with E-state index in [4.69, 9.17) is 16.0 Å². The number of hydrogen-bond acceptors (Lipinski definition) is 3. The molecule has 0 saturated heterocycles. The lowest BCUT2D eigenvalue weighted by molar-refractivity contribution is 0.102. The van der Waals surface area contributed by atoms with E-state index in [0.717, 1.165) is 6.07 Å². The molecule has 4 aromatic rings. The molecular weight excluding hydrogens is 393 g/mol. The molecule has 4 nitrogen and oxygen atoms in total. The van der Waals surface area contributed by atoms with Crippen molar-refractivity contribution >= 4 is 34.3 Å². The number of carbonyl (C=O) groups is 1. The molecule has 0 spiro atoms. The van der Waals surface area contributed by atoms with Crippen molar-refractivity contribution in [1.29, 1.82) is 0 Å². The minimum absolute atomic E-state index is 0.274. The Labute approximate surface area is 161 Å². The zero-order chi connectivity index (χ0) is 19.8. The second-order valence-corrected chi connectivity index (χ2v) is 6.33. The molecule has 3 aromatic carbocycles. The fourth-order valence-corrected chi connectivity index (χ4v) is 2.84. The molecule has 0 aliphatic carbocycles. The molecule has 0 fully saturated rings. The van der Waals surface area contributed by atoms with Crippen molar-refractivity contribution in [3.05, 3.63) is 82.6 Å². The molecule has 0 radical (unpaired) electrons. The summed E-state index contributed by atoms with van der Waals surface area (Å²) in [7, 11) is 0. The van der Waals surface area contributed by atoms with Crippen LogP contribution in [0, 0.1) is 17.5 Å². The average molecular weight is 403 g/mol. The Balaban J connectivity index is 1.63. The molecular formula is C20H10ClF3N2O2. The van der Waals surface area contributed by atoms with Crippen LogP contribution in [-0.4, -0.2) is 10.9 Å². The van der Waals surface area contributed by atoms with E-state index < -0.39 is 28.9 Å². The molecule has 8 heteroatoms. The van der Waals surface area contributed by atoms with Gasteiger partial charge in [0, 0.05) is 22.3 Å². The number of hydrogen-bond donors (Lipinski definition) is 1. The van der Waals surface area contributed by atoms with Crippen LogP contribution in [-0.2, 0) is 0 Å². The first-order valence-corrected chi connectivity index (χ1v) is 8.41. The highest BCUT2D eigenvalue weighted by Crippen LogP contribution is 2.28. The van der Waals surface area contributed by atoms with Gasteiger partial charge in [-0.2, -0.15) is 0 Å². The van der Waals surface area contributed by atoms with Crippen LogP contribution in [0.1, 0.15) is 10.4 Å². The fraction of sp³-hybridized carbons (Fsp3) is 0. The zero-order valence-electron chi connectivity index (χ0n) is 14.0. The van der Waals surface area contributed by atoms with E-state index in [2.05, 4.69) is 10.3 Å². The summed E-state index contributed by atoms with van der Waals surface area (Å²) in [6.07, 6.45) is 0. The molecule has 4 rings (SSSR count). The quantitative estimate of drug-likeness (QED) is 0.439. The highest BCUT2D eigenvalue weighted by molar-refractivity contribution is 6.30. The fourth-order valence-electron chi connectivity index (χ4n) is 2.65. The molecule has 0 aliphatic rings. The Morgan fingerprint density at radius 2 is 1.82 bits per heavy atom. The number of halogens is 4. The molecule has 28 heavy (non-hydrogen) atoms. The van der Waals surface area contributed by atoms with Gasteiger partial charge in [-0.05, 0) is 42.5 Å². The molecule has 0 saturated carbocycles. The van der Waals surface area contributed by atoms with E-state index in [9.17, 15) is 18.0 Å². The van der Waals surface area contributed by atoms with Crippen molar-refractivity contribution in [1.82, 2.24) is 4.98 Å². The van der Waals surface area contributed by atoms with Crippen LogP contribution in [0.2, 0.25) is 5.02 Å². The number of fused-ring (bicyclic) bond motifs is 1. The van der Waals surface area contributed by atoms with Crippen molar-refractivity contribution in [2.75, 3.05) is 5.32 Å². The minimum atomic E-state index is -1.70. The molecule has 0 bridgehead atoms. The van der Waals surface area contributed by atoms with Crippen molar-refractivity contribution in [3.8, 4) is 11.5 Å². The molecule has 0 atom stereocenters. The summed E-state index contributed by atoms with van der Waals surface area (Å²) in [5, 5.41) is 2.95. The van der Waals surface area contributed by atoms with Gasteiger partial charge < -0.3 is 9.73 Å². The van der Waals surface area contributed by atoms with Crippen LogP contribution in [0.15, 0.2) is 59.0 Å². The van der Waals surface area contributed by atoms with Crippen molar-refractivity contribution in [2.45, 2.75) is 0 Å². The van der Waals surface area contributed by atoms with Gasteiger partial charge in [-0.1, -0.05) is 17.7 Å². The van der Waals surface area contributed by atoms with E-state index in [1.807, 2.05) is 0 Å². The number of nitrogens with one attached hydrogen (secondary N) is 1. The highest BCUT2D eigenvalue weighted by atomic mass is 35.5. The third kappa shape index (κ3) is 3.32. The molecule has 1 aromatic heterocycles. The van der Waals surface area contributed by atoms with Crippen LogP contribution in [0.4, 0.5) is 18.9 Å². The zero-order valence-corrected chi connectivity index (χ0v) is 14.7. The van der Waals surface area contributed by atoms with Gasteiger partial charge in [0.15, 0.2) is 23.0 Å². The van der Waals surface area contributed by atoms with Crippen molar-refractivity contribution < 1.29 is 22.4 Å². The maximum atomic E-state index is 13.8. The number of carbonyl (C=O) groups excluding carboxylic acids is 1. The lowest BCUT2D eigenvalue weighted by Gasteiger charge is -2.06. The number of aromatic nitrogens is 1. The van der Waals surface area contributed by atoms with Gasteiger partial charge >= 0.3 is 0 Å². The number of nitrogens with zero attached hydrogens (tertiary/aromatic N) is 1. The maximum absolute atomic E-state index is 13.8. The molecule has 1 heterocycles. The SMILES string of the molecule is O=C(Nc1ccc2nc(-c3cccc(Cl)c3)oc2c1)c1ccc(F)c(F)c1F. The molecule has 140 valence electrons. The third-order valence-electron chi connectivity index (χ3n) is 4.00. The van der Waals surface area contributed by atoms with E-state index in [1.165, 1.54) is 12.1 Å². The van der Waals surface area contributed by atoms with Crippen LogP contribution < -0.4 is 5.32 Å². The average Bonchev–Trinajstić information content (AvgIpc) is 3.09. The maximum Gasteiger partial charge on any atom is 0.258 e. The van der Waals surface area contributed by atoms with Crippen LogP contribution in [0.5, 0.6) is 0 Å². The summed E-state index contributed by atoms with van der Waals surface area (Å²) in [6, 6.07) is 13.1. The smallest absolute Gasteiger partial charge is 0.258 e. The molecule has 0 aliphatic heterocycles. The molecule has 1 amide bonds. The van der Waals surface area contributed by atoms with Gasteiger partial charge in [0.1, 0.15) is 5.52 Å². The summed E-state index contributed by atoms with van der Waals surface area (Å²) in [6.45, 7) is 0. The van der Waals surface area contributed by atoms with E-state index in [1.54, 1.807) is 30.3 Å². The Morgan fingerprint density at radius 3 is 2.61 bits per heavy atom. The number of benzene rings is 3. The summed E-state index contributed by atoms with van der Waals surface area (Å²) >= 11 is 5.97. The third-order valence-corrected chi connectivity index (χ3v) is 4.23. The highest BCUT2D eigenvalue weighted by Gasteiger charge is 2.19. The van der Waals surface area contributed by atoms with Gasteiger partial charge in [0.2, 0.25) is 5.89 Å². The second-order valence-electron chi connectivity index (χ2n) is 5.89. The minimum Gasteiger partial charge on any atom is -0.436 e. The number of rotatable bonds is 3. The lowest BCUT2D eigenvalue weighted by atomic mass is 10.1. The Morgan fingerprint density at radius 1 is 1.00 bits per heavy atom. The van der Waals surface area contributed by atoms with Crippen LogP contribution >= 0.6 is 11.6 Å². The van der Waals surface area contributed by atoms with E-state index >= 15 is 0 Å². The Hall–Kier alpha value is -3.32. The van der Waals surface area contributed by atoms with Gasteiger partial charge in [-0.15, -0.1) is 0 Å².